The van der Waals surface area contributed by atoms with E-state index in [1.165, 1.54) is 6.20 Å². The summed E-state index contributed by atoms with van der Waals surface area (Å²) in [5, 5.41) is 7.64. The van der Waals surface area contributed by atoms with Gasteiger partial charge in [-0.2, -0.15) is 0 Å². The van der Waals surface area contributed by atoms with E-state index in [0.29, 0.717) is 33.7 Å². The molecule has 0 unspecified atom stereocenters. The van der Waals surface area contributed by atoms with Gasteiger partial charge in [0.25, 0.3) is 5.56 Å². The number of hydrogen-bond acceptors (Lipinski definition) is 5. The van der Waals surface area contributed by atoms with E-state index in [1.807, 2.05) is 56.3 Å². The topological polar surface area (TPSA) is 104 Å². The fourth-order valence-corrected chi connectivity index (χ4v) is 5.18. The molecule has 8 nitrogen and oxygen atoms in total. The van der Waals surface area contributed by atoms with E-state index < -0.39 is 12.1 Å². The van der Waals surface area contributed by atoms with Crippen LogP contribution in [0.2, 0.25) is 5.02 Å². The van der Waals surface area contributed by atoms with Crippen molar-refractivity contribution in [2.24, 2.45) is 0 Å². The smallest absolute Gasteiger partial charge is 0.411 e. The predicted octanol–water partition coefficient (Wildman–Crippen LogP) is 5.97. The highest BCUT2D eigenvalue weighted by Crippen LogP contribution is 2.30. The third-order valence-electron chi connectivity index (χ3n) is 7.00. The summed E-state index contributed by atoms with van der Waals surface area (Å²) in [5.41, 5.74) is 4.57. The van der Waals surface area contributed by atoms with Crippen molar-refractivity contribution in [3.63, 3.8) is 0 Å². The molecule has 1 aromatic heterocycles. The van der Waals surface area contributed by atoms with E-state index >= 15 is 0 Å². The summed E-state index contributed by atoms with van der Waals surface area (Å²) in [6.45, 7) is 4.50. The minimum Gasteiger partial charge on any atom is -0.449 e. The summed E-state index contributed by atoms with van der Waals surface area (Å²) < 4.78 is 5.49. The number of rotatable bonds is 2. The lowest BCUT2D eigenvalue weighted by Crippen LogP contribution is -2.35. The van der Waals surface area contributed by atoms with Crippen LogP contribution in [0.25, 0.3) is 10.8 Å². The minimum absolute atomic E-state index is 0.0502. The number of pyridine rings is 1. The molecule has 39 heavy (non-hydrogen) atoms. The van der Waals surface area contributed by atoms with Crippen molar-refractivity contribution in [2.75, 3.05) is 24.3 Å². The van der Waals surface area contributed by atoms with Crippen LogP contribution < -0.4 is 16.2 Å². The lowest BCUT2D eigenvalue weighted by atomic mass is 9.93. The molecule has 200 valence electrons. The van der Waals surface area contributed by atoms with Crippen LogP contribution in [0.15, 0.2) is 71.7 Å². The Morgan fingerprint density at radius 2 is 1.85 bits per heavy atom. The monoisotopic (exact) mass is 544 g/mol. The van der Waals surface area contributed by atoms with E-state index in [2.05, 4.69) is 15.6 Å². The number of aromatic nitrogens is 1. The number of benzene rings is 3. The van der Waals surface area contributed by atoms with Crippen molar-refractivity contribution in [1.82, 2.24) is 9.88 Å². The molecule has 2 aliphatic rings. The number of aryl methyl sites for hydroxylation is 1. The van der Waals surface area contributed by atoms with Crippen LogP contribution in [-0.2, 0) is 16.1 Å². The van der Waals surface area contributed by atoms with Crippen LogP contribution in [-0.4, -0.2) is 35.5 Å². The number of likely N-dealkylation sites (N-methyl/N-ethyl adjacent to an activating group) is 1. The average molecular weight is 545 g/mol. The van der Waals surface area contributed by atoms with Gasteiger partial charge < -0.3 is 19.9 Å². The summed E-state index contributed by atoms with van der Waals surface area (Å²) in [7, 11) is 1.74. The van der Waals surface area contributed by atoms with Crippen molar-refractivity contribution in [3.05, 3.63) is 104 Å². The van der Waals surface area contributed by atoms with Crippen molar-refractivity contribution in [3.8, 4) is 0 Å². The van der Waals surface area contributed by atoms with Gasteiger partial charge in [0.2, 0.25) is 5.91 Å². The maximum Gasteiger partial charge on any atom is 0.411 e. The molecule has 4 aromatic rings. The van der Waals surface area contributed by atoms with E-state index in [-0.39, 0.29) is 24.0 Å². The number of carbonyl (C=O) groups is 2. The summed E-state index contributed by atoms with van der Waals surface area (Å²) >= 11 is 6.27. The fraction of sp³-hybridized carbons (Fsp3) is 0.233. The molecule has 3 N–H and O–H groups in total. The zero-order valence-electron chi connectivity index (χ0n) is 21.9. The summed E-state index contributed by atoms with van der Waals surface area (Å²) in [4.78, 5) is 43.1. The molecule has 0 fully saturated rings. The predicted molar refractivity (Wildman–Crippen MR) is 153 cm³/mol. The lowest BCUT2D eigenvalue weighted by molar-refractivity contribution is -0.131. The first-order valence-electron chi connectivity index (χ1n) is 12.6. The summed E-state index contributed by atoms with van der Waals surface area (Å²) in [6, 6.07) is 17.8. The number of anilines is 2. The van der Waals surface area contributed by atoms with E-state index in [0.717, 1.165) is 22.3 Å². The average Bonchev–Trinajstić information content (AvgIpc) is 2.91. The Morgan fingerprint density at radius 3 is 2.64 bits per heavy atom. The maximum atomic E-state index is 13.9. The van der Waals surface area contributed by atoms with E-state index in [1.54, 1.807) is 30.1 Å². The molecule has 6 rings (SSSR count). The van der Waals surface area contributed by atoms with Crippen molar-refractivity contribution in [2.45, 2.75) is 32.4 Å². The highest BCUT2D eigenvalue weighted by Gasteiger charge is 2.26. The molecule has 2 amide bonds. The third-order valence-corrected chi connectivity index (χ3v) is 7.31. The number of ether oxygens (including phenoxy) is 1. The first-order chi connectivity index (χ1) is 18.7. The largest absolute Gasteiger partial charge is 0.449 e. The van der Waals surface area contributed by atoms with Crippen molar-refractivity contribution in [1.29, 1.82) is 0 Å². The molecule has 9 heteroatoms. The van der Waals surface area contributed by atoms with Crippen molar-refractivity contribution < 1.29 is 14.3 Å². The molecular weight excluding hydrogens is 516 g/mol. The van der Waals surface area contributed by atoms with Gasteiger partial charge in [0.15, 0.2) is 0 Å². The second-order valence-corrected chi connectivity index (χ2v) is 10.3. The Labute approximate surface area is 230 Å². The highest BCUT2D eigenvalue weighted by molar-refractivity contribution is 6.35. The molecule has 4 bridgehead atoms. The minimum atomic E-state index is -0.721. The molecule has 3 aromatic carbocycles. The zero-order chi connectivity index (χ0) is 27.7. The molecule has 0 aliphatic carbocycles. The number of carbonyl (C=O) groups excluding carboxylic acids is 2. The molecular formula is C30H29ClN4O4. The van der Waals surface area contributed by atoms with Gasteiger partial charge in [-0.15, -0.1) is 0 Å². The van der Waals surface area contributed by atoms with Crippen molar-refractivity contribution >= 4 is 45.7 Å². The summed E-state index contributed by atoms with van der Waals surface area (Å²) in [5.74, 6) is -0.203. The number of aromatic amines is 1. The molecule has 2 atom stereocenters. The Morgan fingerprint density at radius 1 is 1.03 bits per heavy atom. The van der Waals surface area contributed by atoms with Gasteiger partial charge in [-0.3, -0.25) is 14.9 Å². The number of nitrogens with zero attached hydrogens (tertiary/aromatic N) is 1. The van der Waals surface area contributed by atoms with Crippen LogP contribution in [0.5, 0.6) is 0 Å². The Balaban J connectivity index is 1.56. The van der Waals surface area contributed by atoms with Crippen LogP contribution in [0, 0.1) is 6.92 Å². The first-order valence-corrected chi connectivity index (χ1v) is 13.0. The molecule has 3 heterocycles. The number of fused-ring (bicyclic) bond motifs is 10. The van der Waals surface area contributed by atoms with Gasteiger partial charge in [-0.1, -0.05) is 54.9 Å². The van der Waals surface area contributed by atoms with E-state index in [9.17, 15) is 14.4 Å². The van der Waals surface area contributed by atoms with Crippen LogP contribution in [0.3, 0.4) is 0 Å². The third kappa shape index (κ3) is 5.61. The van der Waals surface area contributed by atoms with Crippen LogP contribution in [0.4, 0.5) is 16.2 Å². The second kappa shape index (κ2) is 10.8. The highest BCUT2D eigenvalue weighted by atomic mass is 35.5. The SMILES string of the molecule is Cc1cc2ccc1[C@@H](C)COC(=O)Nc1cccc(c1)CN(C)C(=O)[C@@H]2Nc1ccc2c(Cl)c[nH]c(=O)c2c1. The quantitative estimate of drug-likeness (QED) is 0.288. The zero-order valence-corrected chi connectivity index (χ0v) is 22.6. The maximum absolute atomic E-state index is 13.9. The van der Waals surface area contributed by atoms with Crippen LogP contribution >= 0.6 is 11.6 Å². The number of amides is 2. The second-order valence-electron chi connectivity index (χ2n) is 9.94. The molecule has 0 radical (unpaired) electrons. The number of hydrogen-bond donors (Lipinski definition) is 3. The molecule has 0 saturated heterocycles. The van der Waals surface area contributed by atoms with Gasteiger partial charge in [-0.05, 0) is 53.4 Å². The summed E-state index contributed by atoms with van der Waals surface area (Å²) in [6.07, 6.45) is 0.945. The molecule has 2 aliphatic heterocycles. The Bertz CT molecular complexity index is 1630. The molecule has 0 spiro atoms. The number of halogens is 1. The van der Waals surface area contributed by atoms with Gasteiger partial charge in [-0.25, -0.2) is 4.79 Å². The van der Waals surface area contributed by atoms with Gasteiger partial charge in [0, 0.05) is 42.5 Å². The Hall–Kier alpha value is -4.30. The standard InChI is InChI=1S/C30H29ClN4O4/c1-17-11-20-7-9-23(17)18(2)16-39-30(38)34-21-6-4-5-19(12-21)15-35(3)29(37)27(20)33-22-8-10-24-25(13-22)28(36)32-14-26(24)31/h4-14,18,27,33H,15-16H2,1-3H3,(H,32,36)(H,34,38)/t18-,27+/m0/s1. The van der Waals surface area contributed by atoms with Gasteiger partial charge >= 0.3 is 6.09 Å². The number of H-pyrrole nitrogens is 1. The normalized spacial score (nSPS) is 18.1. The number of nitrogens with one attached hydrogen (secondary N) is 3. The van der Waals surface area contributed by atoms with Gasteiger partial charge in [0.1, 0.15) is 6.04 Å². The fourth-order valence-electron chi connectivity index (χ4n) is 4.96. The first kappa shape index (κ1) is 26.3. The Kier molecular flexibility index (Phi) is 7.30. The van der Waals surface area contributed by atoms with Crippen LogP contribution in [0.1, 0.15) is 41.1 Å². The lowest BCUT2D eigenvalue weighted by Gasteiger charge is -2.27. The van der Waals surface area contributed by atoms with E-state index in [4.69, 9.17) is 16.3 Å². The molecule has 0 saturated carbocycles. The van der Waals surface area contributed by atoms with Gasteiger partial charge in [0.05, 0.1) is 17.0 Å².